The summed E-state index contributed by atoms with van der Waals surface area (Å²) in [5, 5.41) is 14.7. The highest BCUT2D eigenvalue weighted by atomic mass is 28.4. The summed E-state index contributed by atoms with van der Waals surface area (Å²) in [7, 11) is -3.22. The van der Waals surface area contributed by atoms with Crippen LogP contribution in [0.2, 0.25) is 5.04 Å². The predicted octanol–water partition coefficient (Wildman–Crippen LogP) is 11.1. The molecule has 2 aliphatic heterocycles. The van der Waals surface area contributed by atoms with Gasteiger partial charge in [0, 0.05) is 6.61 Å². The summed E-state index contributed by atoms with van der Waals surface area (Å²) in [5.41, 5.74) is 4.73. The van der Waals surface area contributed by atoms with Gasteiger partial charge in [0.05, 0.1) is 39.6 Å². The Morgan fingerprint density at radius 1 is 0.425 bits per heavy atom. The number of hydrogen-bond donors (Lipinski definition) is 1. The van der Waals surface area contributed by atoms with E-state index in [0.717, 1.165) is 51.0 Å². The monoisotopic (exact) mass is 1100 g/mol. The number of benzene rings is 7. The lowest BCUT2D eigenvalue weighted by Crippen LogP contribution is -2.67. The molecular formula is C67H78O12Si. The number of ether oxygens (including phenoxy) is 9. The topological polar surface area (TPSA) is 122 Å². The quantitative estimate of drug-likeness (QED) is 0.0217. The summed E-state index contributed by atoms with van der Waals surface area (Å²) >= 11 is 0. The van der Waals surface area contributed by atoms with E-state index in [1.807, 2.05) is 188 Å². The predicted molar refractivity (Wildman–Crippen MR) is 310 cm³/mol. The van der Waals surface area contributed by atoms with E-state index in [2.05, 4.69) is 52.0 Å². The van der Waals surface area contributed by atoms with Crippen LogP contribution in [0.15, 0.2) is 212 Å². The fourth-order valence-corrected chi connectivity index (χ4v) is 14.5. The van der Waals surface area contributed by atoms with Crippen LogP contribution in [0.1, 0.15) is 68.4 Å². The Bertz CT molecular complexity index is 2760. The van der Waals surface area contributed by atoms with Crippen LogP contribution < -0.4 is 10.4 Å². The van der Waals surface area contributed by atoms with Gasteiger partial charge in [0.1, 0.15) is 55.4 Å². The van der Waals surface area contributed by atoms with Crippen molar-refractivity contribution >= 4 is 18.7 Å². The molecule has 1 N–H and O–H groups in total. The number of aliphatic hydroxyl groups excluding tert-OH is 1. The van der Waals surface area contributed by atoms with Crippen molar-refractivity contribution in [2.45, 2.75) is 140 Å². The average Bonchev–Trinajstić information content (AvgIpc) is 3.53. The van der Waals surface area contributed by atoms with Crippen molar-refractivity contribution in [3.63, 3.8) is 0 Å². The van der Waals surface area contributed by atoms with E-state index >= 15 is 0 Å². The van der Waals surface area contributed by atoms with Crippen LogP contribution in [0, 0.1) is 0 Å². The molecule has 2 saturated heterocycles. The van der Waals surface area contributed by atoms with Crippen LogP contribution in [-0.2, 0) is 85.1 Å². The second kappa shape index (κ2) is 29.8. The van der Waals surface area contributed by atoms with Crippen LogP contribution >= 0.6 is 0 Å². The van der Waals surface area contributed by atoms with E-state index in [9.17, 15) is 5.11 Å². The molecule has 2 heterocycles. The zero-order chi connectivity index (χ0) is 55.4. The molecule has 0 bridgehead atoms. The van der Waals surface area contributed by atoms with E-state index < -0.39 is 74.8 Å². The lowest BCUT2D eigenvalue weighted by Gasteiger charge is -2.49. The minimum atomic E-state index is -3.22. The largest absolute Gasteiger partial charge is 0.385 e. The smallest absolute Gasteiger partial charge is 0.305 e. The van der Waals surface area contributed by atoms with Gasteiger partial charge in [-0.2, -0.15) is 0 Å². The van der Waals surface area contributed by atoms with Gasteiger partial charge >= 0.3 is 8.32 Å². The minimum Gasteiger partial charge on any atom is -0.385 e. The highest BCUT2D eigenvalue weighted by molar-refractivity contribution is 6.99. The molecule has 0 amide bonds. The van der Waals surface area contributed by atoms with Gasteiger partial charge in [-0.1, -0.05) is 246 Å². The molecule has 10 atom stereocenters. The average molecular weight is 1100 g/mol. The van der Waals surface area contributed by atoms with Crippen molar-refractivity contribution < 1.29 is 57.2 Å². The first-order chi connectivity index (χ1) is 39.2. The maximum atomic E-state index is 13.0. The van der Waals surface area contributed by atoms with Crippen LogP contribution in [0.4, 0.5) is 0 Å². The van der Waals surface area contributed by atoms with Gasteiger partial charge in [0.2, 0.25) is 0 Å². The first kappa shape index (κ1) is 58.9. The molecule has 7 aromatic carbocycles. The Balaban J connectivity index is 1.10. The molecule has 0 unspecified atom stereocenters. The SMILES string of the molecule is CCCCO[C@@H]1O[C@H](COCc2ccccc2)[C@@H](O[C@@H]2O[C@H](COO[Si](c3ccccc3)(c3ccccc3)C(C)(C)C)[C@@H](OCc3ccccc3)[C@H](OCc3ccccc3)[C@@H]2O)[C@H](OCc2ccccc2)[C@H]1OCc1ccccc1. The summed E-state index contributed by atoms with van der Waals surface area (Å²) in [6.45, 7) is 10.2. The number of hydrogen-bond acceptors (Lipinski definition) is 12. The Morgan fingerprint density at radius 3 is 1.26 bits per heavy atom. The number of rotatable bonds is 28. The van der Waals surface area contributed by atoms with Gasteiger partial charge in [-0.05, 0) is 49.6 Å². The van der Waals surface area contributed by atoms with E-state index in [1.54, 1.807) is 0 Å². The van der Waals surface area contributed by atoms with Gasteiger partial charge in [0.15, 0.2) is 12.6 Å². The van der Waals surface area contributed by atoms with Crippen LogP contribution in [0.25, 0.3) is 0 Å². The first-order valence-electron chi connectivity index (χ1n) is 28.1. The number of aliphatic hydroxyl groups is 1. The Morgan fingerprint density at radius 2 is 0.812 bits per heavy atom. The van der Waals surface area contributed by atoms with Gasteiger partial charge in [-0.15, -0.1) is 0 Å². The van der Waals surface area contributed by atoms with E-state index in [0.29, 0.717) is 13.2 Å². The third-order valence-electron chi connectivity index (χ3n) is 14.6. The standard InChI is InChI=1S/C67H78O12Si/c1-5-6-42-70-66-64(74-47-54-36-22-11-23-37-54)63(73-46-53-34-20-10-21-35-53)61(57(77-66)48-69-43-50-28-14-7-15-29-50)78-65-59(68)62(72-45-52-32-18-9-19-33-52)60(71-44-51-30-16-8-17-31-51)58(76-65)49-75-79-80(67(2,3)4,55-38-24-12-25-39-55)56-40-26-13-27-41-56/h7-41,57-66,68H,5-6,42-49H2,1-4H3/t57-,58-,59+,60-,61-,62-,63+,64-,65+,66-/m1/s1. The van der Waals surface area contributed by atoms with Crippen LogP contribution in [0.5, 0.6) is 0 Å². The lowest BCUT2D eigenvalue weighted by atomic mass is 9.96. The lowest BCUT2D eigenvalue weighted by molar-refractivity contribution is -0.379. The summed E-state index contributed by atoms with van der Waals surface area (Å²) in [4.78, 5) is 6.68. The fourth-order valence-electron chi connectivity index (χ4n) is 10.4. The molecule has 12 nitrogen and oxygen atoms in total. The van der Waals surface area contributed by atoms with E-state index in [1.165, 1.54) is 0 Å². The van der Waals surface area contributed by atoms with Crippen molar-refractivity contribution in [1.82, 2.24) is 0 Å². The highest BCUT2D eigenvalue weighted by Gasteiger charge is 2.56. The first-order valence-corrected chi connectivity index (χ1v) is 30.0. The molecule has 0 saturated carbocycles. The molecule has 13 heteroatoms. The Kier molecular flexibility index (Phi) is 22.0. The van der Waals surface area contributed by atoms with Crippen LogP contribution in [0.3, 0.4) is 0 Å². The Hall–Kier alpha value is -5.72. The maximum Gasteiger partial charge on any atom is 0.305 e. The van der Waals surface area contributed by atoms with Crippen LogP contribution in [-0.4, -0.2) is 94.7 Å². The van der Waals surface area contributed by atoms with Crippen molar-refractivity contribution in [2.24, 2.45) is 0 Å². The zero-order valence-corrected chi connectivity index (χ0v) is 47.5. The fraction of sp³-hybridized carbons (Fsp3) is 0.373. The van der Waals surface area contributed by atoms with Crippen molar-refractivity contribution in [3.8, 4) is 0 Å². The second-order valence-corrected chi connectivity index (χ2v) is 25.7. The minimum absolute atomic E-state index is 0.0717. The molecule has 2 aliphatic rings. The zero-order valence-electron chi connectivity index (χ0n) is 46.5. The molecule has 9 rings (SSSR count). The molecule has 0 aromatic heterocycles. The molecule has 2 fully saturated rings. The molecule has 0 aliphatic carbocycles. The molecule has 80 heavy (non-hydrogen) atoms. The summed E-state index contributed by atoms with van der Waals surface area (Å²) in [6, 6.07) is 70.3. The third-order valence-corrected chi connectivity index (χ3v) is 19.4. The summed E-state index contributed by atoms with van der Waals surface area (Å²) < 4.78 is 69.4. The highest BCUT2D eigenvalue weighted by Crippen LogP contribution is 2.39. The van der Waals surface area contributed by atoms with Gasteiger partial charge in [-0.3, -0.25) is 4.58 Å². The molecule has 0 radical (unpaired) electrons. The molecule has 422 valence electrons. The summed E-state index contributed by atoms with van der Waals surface area (Å²) in [5.74, 6) is 0. The third kappa shape index (κ3) is 15.6. The van der Waals surface area contributed by atoms with Crippen molar-refractivity contribution in [3.05, 3.63) is 240 Å². The molecule has 7 aromatic rings. The van der Waals surface area contributed by atoms with E-state index in [-0.39, 0.29) is 39.6 Å². The molecule has 0 spiro atoms. The normalized spacial score (nSPS) is 23.4. The number of unbranched alkanes of at least 4 members (excludes halogenated alkanes) is 1. The maximum absolute atomic E-state index is 13.0. The Labute approximate surface area is 473 Å². The van der Waals surface area contributed by atoms with Gasteiger partial charge in [-0.25, -0.2) is 4.89 Å². The molecular weight excluding hydrogens is 1020 g/mol. The van der Waals surface area contributed by atoms with Crippen molar-refractivity contribution in [1.29, 1.82) is 0 Å². The van der Waals surface area contributed by atoms with Gasteiger partial charge in [0.25, 0.3) is 0 Å². The second-order valence-electron chi connectivity index (χ2n) is 21.5. The van der Waals surface area contributed by atoms with E-state index in [4.69, 9.17) is 52.1 Å². The van der Waals surface area contributed by atoms with Gasteiger partial charge < -0.3 is 47.7 Å². The summed E-state index contributed by atoms with van der Waals surface area (Å²) in [6.07, 6.45) is -8.27. The van der Waals surface area contributed by atoms with Crippen molar-refractivity contribution in [2.75, 3.05) is 19.8 Å².